The molecule has 0 radical (unpaired) electrons. The van der Waals surface area contributed by atoms with Crippen LogP contribution in [0.15, 0.2) is 29.2 Å². The standard InChI is InChI=1S/C20H28N2O5S/c1-15-5-3-4-6-17(15)28(24,25)21-11-7-16(8-12-21)22-19(23)18(26-2)20(22)9-13-27-14-10-20/h3-6,16,18H,7-14H2,1-2H3. The van der Waals surface area contributed by atoms with Crippen LogP contribution in [0, 0.1) is 6.92 Å². The van der Waals surface area contributed by atoms with E-state index in [2.05, 4.69) is 0 Å². The summed E-state index contributed by atoms with van der Waals surface area (Å²) in [6.45, 7) is 3.93. The highest BCUT2D eigenvalue weighted by Crippen LogP contribution is 2.45. The molecule has 3 saturated heterocycles. The SMILES string of the molecule is COC1C(=O)N(C2CCN(S(=O)(=O)c3ccccc3C)CC2)C12CCOCC2. The number of carbonyl (C=O) groups excluding carboxylic acids is 1. The summed E-state index contributed by atoms with van der Waals surface area (Å²) in [4.78, 5) is 15.1. The van der Waals surface area contributed by atoms with Gasteiger partial charge >= 0.3 is 0 Å². The fourth-order valence-electron chi connectivity index (χ4n) is 5.05. The molecule has 0 N–H and O–H groups in total. The smallest absolute Gasteiger partial charge is 0.254 e. The normalized spacial score (nSPS) is 26.4. The van der Waals surface area contributed by atoms with Gasteiger partial charge in [-0.25, -0.2) is 8.42 Å². The van der Waals surface area contributed by atoms with E-state index in [1.807, 2.05) is 24.0 Å². The van der Waals surface area contributed by atoms with E-state index in [0.29, 0.717) is 44.0 Å². The molecule has 4 rings (SSSR count). The van der Waals surface area contributed by atoms with Gasteiger partial charge in [0.25, 0.3) is 5.91 Å². The number of carbonyl (C=O) groups is 1. The van der Waals surface area contributed by atoms with Crippen molar-refractivity contribution in [2.24, 2.45) is 0 Å². The van der Waals surface area contributed by atoms with E-state index in [0.717, 1.165) is 18.4 Å². The summed E-state index contributed by atoms with van der Waals surface area (Å²) in [5.41, 5.74) is 0.470. The van der Waals surface area contributed by atoms with Gasteiger partial charge in [-0.15, -0.1) is 0 Å². The van der Waals surface area contributed by atoms with Crippen molar-refractivity contribution in [3.05, 3.63) is 29.8 Å². The molecular weight excluding hydrogens is 380 g/mol. The second-order valence-corrected chi connectivity index (χ2v) is 9.85. The number of likely N-dealkylation sites (tertiary alicyclic amines) is 1. The van der Waals surface area contributed by atoms with Crippen LogP contribution in [0.1, 0.15) is 31.2 Å². The van der Waals surface area contributed by atoms with E-state index < -0.39 is 16.1 Å². The van der Waals surface area contributed by atoms with Crippen molar-refractivity contribution < 1.29 is 22.7 Å². The fourth-order valence-corrected chi connectivity index (χ4v) is 6.75. The molecule has 154 valence electrons. The zero-order valence-electron chi connectivity index (χ0n) is 16.5. The Kier molecular flexibility index (Phi) is 5.24. The predicted molar refractivity (Wildman–Crippen MR) is 103 cm³/mol. The maximum Gasteiger partial charge on any atom is 0.254 e. The minimum absolute atomic E-state index is 0.0320. The number of benzene rings is 1. The Morgan fingerprint density at radius 1 is 1.14 bits per heavy atom. The van der Waals surface area contributed by atoms with Crippen LogP contribution in [0.2, 0.25) is 0 Å². The Morgan fingerprint density at radius 2 is 1.79 bits per heavy atom. The number of β-lactam (4-membered cyclic amide) rings is 1. The van der Waals surface area contributed by atoms with Crippen LogP contribution in [-0.4, -0.2) is 74.6 Å². The Balaban J connectivity index is 1.48. The monoisotopic (exact) mass is 408 g/mol. The fraction of sp³-hybridized carbons (Fsp3) is 0.650. The summed E-state index contributed by atoms with van der Waals surface area (Å²) in [6.07, 6.45) is 2.45. The second kappa shape index (κ2) is 7.40. The largest absolute Gasteiger partial charge is 0.381 e. The molecule has 0 saturated carbocycles. The third-order valence-electron chi connectivity index (χ3n) is 6.52. The molecule has 3 aliphatic heterocycles. The first kappa shape index (κ1) is 19.8. The number of methoxy groups -OCH3 is 1. The number of ether oxygens (including phenoxy) is 2. The van der Waals surface area contributed by atoms with E-state index in [-0.39, 0.29) is 17.5 Å². The lowest BCUT2D eigenvalue weighted by atomic mass is 9.72. The Bertz CT molecular complexity index is 842. The van der Waals surface area contributed by atoms with Crippen molar-refractivity contribution in [2.75, 3.05) is 33.4 Å². The quantitative estimate of drug-likeness (QED) is 0.707. The van der Waals surface area contributed by atoms with Gasteiger partial charge in [0.2, 0.25) is 10.0 Å². The number of rotatable bonds is 4. The third-order valence-corrected chi connectivity index (χ3v) is 8.58. The molecule has 8 heteroatoms. The summed E-state index contributed by atoms with van der Waals surface area (Å²) in [5, 5.41) is 0. The van der Waals surface area contributed by atoms with Crippen molar-refractivity contribution in [2.45, 2.75) is 55.2 Å². The molecule has 1 aromatic carbocycles. The van der Waals surface area contributed by atoms with E-state index in [4.69, 9.17) is 9.47 Å². The molecule has 1 atom stereocenters. The van der Waals surface area contributed by atoms with Gasteiger partial charge < -0.3 is 14.4 Å². The van der Waals surface area contributed by atoms with Gasteiger partial charge in [-0.1, -0.05) is 18.2 Å². The lowest BCUT2D eigenvalue weighted by Crippen LogP contribution is -2.79. The number of nitrogens with zero attached hydrogens (tertiary/aromatic N) is 2. The predicted octanol–water partition coefficient (Wildman–Crippen LogP) is 1.55. The molecule has 3 aliphatic rings. The first-order valence-corrected chi connectivity index (χ1v) is 11.4. The first-order chi connectivity index (χ1) is 13.4. The molecule has 0 aromatic heterocycles. The second-order valence-electron chi connectivity index (χ2n) is 7.94. The lowest BCUT2D eigenvalue weighted by Gasteiger charge is -2.61. The summed E-state index contributed by atoms with van der Waals surface area (Å²) in [7, 11) is -1.92. The van der Waals surface area contributed by atoms with Crippen LogP contribution in [0.25, 0.3) is 0 Å². The van der Waals surface area contributed by atoms with Crippen molar-refractivity contribution in [3.8, 4) is 0 Å². The van der Waals surface area contributed by atoms with Gasteiger partial charge in [-0.05, 0) is 44.2 Å². The average Bonchev–Trinajstić information content (AvgIpc) is 2.70. The topological polar surface area (TPSA) is 76.2 Å². The molecule has 3 heterocycles. The van der Waals surface area contributed by atoms with E-state index in [1.165, 1.54) is 0 Å². The molecule has 0 aliphatic carbocycles. The number of sulfonamides is 1. The maximum absolute atomic E-state index is 13.0. The molecule has 7 nitrogen and oxygen atoms in total. The number of hydrogen-bond acceptors (Lipinski definition) is 5. The number of hydrogen-bond donors (Lipinski definition) is 0. The molecule has 3 fully saturated rings. The molecule has 1 amide bonds. The van der Waals surface area contributed by atoms with Crippen molar-refractivity contribution in [3.63, 3.8) is 0 Å². The maximum atomic E-state index is 13.0. The van der Waals surface area contributed by atoms with Gasteiger partial charge in [0.1, 0.15) is 0 Å². The van der Waals surface area contributed by atoms with E-state index >= 15 is 0 Å². The summed E-state index contributed by atoms with van der Waals surface area (Å²) < 4.78 is 38.6. The summed E-state index contributed by atoms with van der Waals surface area (Å²) >= 11 is 0. The van der Waals surface area contributed by atoms with Crippen molar-refractivity contribution >= 4 is 15.9 Å². The van der Waals surface area contributed by atoms with Gasteiger partial charge in [0.05, 0.1) is 10.4 Å². The van der Waals surface area contributed by atoms with Gasteiger partial charge in [0, 0.05) is 39.5 Å². The minimum Gasteiger partial charge on any atom is -0.381 e. The highest BCUT2D eigenvalue weighted by molar-refractivity contribution is 7.89. The summed E-state index contributed by atoms with van der Waals surface area (Å²) in [6, 6.07) is 7.13. The van der Waals surface area contributed by atoms with Gasteiger partial charge in [-0.2, -0.15) is 4.31 Å². The van der Waals surface area contributed by atoms with E-state index in [9.17, 15) is 13.2 Å². The molecule has 1 spiro atoms. The Hall–Kier alpha value is -1.48. The third kappa shape index (κ3) is 2.98. The van der Waals surface area contributed by atoms with Crippen LogP contribution in [-0.2, 0) is 24.3 Å². The number of piperidine rings is 1. The van der Waals surface area contributed by atoms with Gasteiger partial charge in [0.15, 0.2) is 6.10 Å². The minimum atomic E-state index is -3.51. The van der Waals surface area contributed by atoms with Gasteiger partial charge in [-0.3, -0.25) is 4.79 Å². The summed E-state index contributed by atoms with van der Waals surface area (Å²) in [5.74, 6) is 0.0320. The van der Waals surface area contributed by atoms with Crippen molar-refractivity contribution in [1.82, 2.24) is 9.21 Å². The van der Waals surface area contributed by atoms with Crippen LogP contribution >= 0.6 is 0 Å². The van der Waals surface area contributed by atoms with Crippen LogP contribution in [0.4, 0.5) is 0 Å². The van der Waals surface area contributed by atoms with E-state index in [1.54, 1.807) is 23.5 Å². The molecule has 1 aromatic rings. The van der Waals surface area contributed by atoms with Crippen LogP contribution in [0.5, 0.6) is 0 Å². The zero-order valence-corrected chi connectivity index (χ0v) is 17.3. The molecule has 0 bridgehead atoms. The average molecular weight is 409 g/mol. The highest BCUT2D eigenvalue weighted by Gasteiger charge is 2.62. The van der Waals surface area contributed by atoms with Crippen LogP contribution in [0.3, 0.4) is 0 Å². The molecule has 28 heavy (non-hydrogen) atoms. The number of aryl methyl sites for hydroxylation is 1. The number of amides is 1. The first-order valence-electron chi connectivity index (χ1n) is 9.91. The molecule has 1 unspecified atom stereocenters. The molecular formula is C20H28N2O5S. The Labute approximate surface area is 166 Å². The Morgan fingerprint density at radius 3 is 2.39 bits per heavy atom. The van der Waals surface area contributed by atoms with Crippen LogP contribution < -0.4 is 0 Å². The lowest BCUT2D eigenvalue weighted by molar-refractivity contribution is -0.213. The zero-order chi connectivity index (χ0) is 19.9. The van der Waals surface area contributed by atoms with Crippen molar-refractivity contribution in [1.29, 1.82) is 0 Å². The highest BCUT2D eigenvalue weighted by atomic mass is 32.2.